The van der Waals surface area contributed by atoms with Crippen molar-refractivity contribution in [2.75, 3.05) is 25.6 Å². The van der Waals surface area contributed by atoms with E-state index in [2.05, 4.69) is 48.7 Å². The van der Waals surface area contributed by atoms with E-state index in [9.17, 15) is 4.79 Å². The molecule has 0 unspecified atom stereocenters. The van der Waals surface area contributed by atoms with Crippen LogP contribution in [0.3, 0.4) is 0 Å². The van der Waals surface area contributed by atoms with Gasteiger partial charge in [-0.2, -0.15) is 0 Å². The molecular formula is C14H21NO2. The Labute approximate surface area is 103 Å². The van der Waals surface area contributed by atoms with E-state index in [4.69, 9.17) is 0 Å². The summed E-state index contributed by atoms with van der Waals surface area (Å²) in [5, 5.41) is 0. The first-order valence-corrected chi connectivity index (χ1v) is 5.90. The number of ether oxygens (including phenoxy) is 1. The highest BCUT2D eigenvalue weighted by Crippen LogP contribution is 2.20. The van der Waals surface area contributed by atoms with Crippen molar-refractivity contribution >= 4 is 11.7 Å². The van der Waals surface area contributed by atoms with Crippen molar-refractivity contribution in [2.24, 2.45) is 0 Å². The van der Waals surface area contributed by atoms with Gasteiger partial charge in [0.1, 0.15) is 0 Å². The molecule has 0 fully saturated rings. The number of carbonyl (C=O) groups excluding carboxylic acids is 1. The minimum absolute atomic E-state index is 0.139. The van der Waals surface area contributed by atoms with Crippen LogP contribution in [-0.4, -0.2) is 26.7 Å². The molecule has 0 spiro atoms. The van der Waals surface area contributed by atoms with Crippen LogP contribution in [0.15, 0.2) is 18.2 Å². The number of esters is 1. The van der Waals surface area contributed by atoms with Gasteiger partial charge in [0.05, 0.1) is 7.11 Å². The Hall–Kier alpha value is -1.51. The summed E-state index contributed by atoms with van der Waals surface area (Å²) in [5.74, 6) is -0.139. The molecule has 0 radical (unpaired) electrons. The van der Waals surface area contributed by atoms with Gasteiger partial charge in [0.15, 0.2) is 0 Å². The van der Waals surface area contributed by atoms with Crippen LogP contribution in [0.1, 0.15) is 24.0 Å². The molecule has 1 rings (SSSR count). The first-order valence-electron chi connectivity index (χ1n) is 5.90. The lowest BCUT2D eigenvalue weighted by Gasteiger charge is -2.21. The van der Waals surface area contributed by atoms with E-state index in [0.717, 1.165) is 13.0 Å². The Morgan fingerprint density at radius 3 is 2.71 bits per heavy atom. The molecule has 1 aromatic rings. The summed E-state index contributed by atoms with van der Waals surface area (Å²) >= 11 is 0. The third kappa shape index (κ3) is 4.10. The van der Waals surface area contributed by atoms with Crippen molar-refractivity contribution in [3.05, 3.63) is 29.3 Å². The van der Waals surface area contributed by atoms with E-state index in [1.807, 2.05) is 0 Å². The summed E-state index contributed by atoms with van der Waals surface area (Å²) in [4.78, 5) is 13.2. The monoisotopic (exact) mass is 235 g/mol. The molecular weight excluding hydrogens is 214 g/mol. The summed E-state index contributed by atoms with van der Waals surface area (Å²) in [5.41, 5.74) is 3.75. The summed E-state index contributed by atoms with van der Waals surface area (Å²) in [6.45, 7) is 5.05. The first kappa shape index (κ1) is 13.6. The van der Waals surface area contributed by atoms with Gasteiger partial charge in [-0.25, -0.2) is 0 Å². The molecule has 0 amide bonds. The van der Waals surface area contributed by atoms with Crippen LogP contribution in [0.4, 0.5) is 5.69 Å². The molecule has 94 valence electrons. The van der Waals surface area contributed by atoms with Gasteiger partial charge >= 0.3 is 5.97 Å². The zero-order valence-electron chi connectivity index (χ0n) is 11.1. The van der Waals surface area contributed by atoms with Crippen LogP contribution in [0, 0.1) is 13.8 Å². The van der Waals surface area contributed by atoms with Gasteiger partial charge in [0, 0.05) is 25.7 Å². The molecule has 17 heavy (non-hydrogen) atoms. The minimum atomic E-state index is -0.139. The van der Waals surface area contributed by atoms with E-state index < -0.39 is 0 Å². The average molecular weight is 235 g/mol. The highest BCUT2D eigenvalue weighted by atomic mass is 16.5. The molecule has 3 nitrogen and oxygen atoms in total. The number of nitrogens with zero attached hydrogens (tertiary/aromatic N) is 1. The lowest BCUT2D eigenvalue weighted by molar-refractivity contribution is -0.140. The number of anilines is 1. The minimum Gasteiger partial charge on any atom is -0.469 e. The van der Waals surface area contributed by atoms with E-state index in [0.29, 0.717) is 6.42 Å². The zero-order chi connectivity index (χ0) is 12.8. The number of aryl methyl sites for hydroxylation is 2. The maximum absolute atomic E-state index is 11.0. The SMILES string of the molecule is COC(=O)CCCN(C)c1cc(C)ccc1C. The standard InChI is InChI=1S/C14H21NO2/c1-11-7-8-12(2)13(10-11)15(3)9-5-6-14(16)17-4/h7-8,10H,5-6,9H2,1-4H3. The number of hydrogen-bond donors (Lipinski definition) is 0. The molecule has 0 aliphatic heterocycles. The molecule has 0 heterocycles. The highest BCUT2D eigenvalue weighted by molar-refractivity contribution is 5.69. The topological polar surface area (TPSA) is 29.5 Å². The van der Waals surface area contributed by atoms with E-state index in [1.165, 1.54) is 23.9 Å². The lowest BCUT2D eigenvalue weighted by Crippen LogP contribution is -2.20. The fourth-order valence-corrected chi connectivity index (χ4v) is 1.81. The molecule has 0 aliphatic rings. The molecule has 0 aliphatic carbocycles. The predicted octanol–water partition coefficient (Wildman–Crippen LogP) is 2.69. The number of hydrogen-bond acceptors (Lipinski definition) is 3. The normalized spacial score (nSPS) is 10.1. The first-order chi connectivity index (χ1) is 8.04. The Bertz CT molecular complexity index is 388. The van der Waals surface area contributed by atoms with Crippen LogP contribution in [-0.2, 0) is 9.53 Å². The van der Waals surface area contributed by atoms with E-state index in [1.54, 1.807) is 0 Å². The summed E-state index contributed by atoms with van der Waals surface area (Å²) < 4.78 is 4.62. The molecule has 1 aromatic carbocycles. The van der Waals surface area contributed by atoms with Crippen molar-refractivity contribution in [1.29, 1.82) is 0 Å². The van der Waals surface area contributed by atoms with Crippen molar-refractivity contribution in [3.63, 3.8) is 0 Å². The van der Waals surface area contributed by atoms with Crippen LogP contribution in [0.2, 0.25) is 0 Å². The van der Waals surface area contributed by atoms with Gasteiger partial charge in [0.2, 0.25) is 0 Å². The smallest absolute Gasteiger partial charge is 0.305 e. The Balaban J connectivity index is 2.54. The van der Waals surface area contributed by atoms with Gasteiger partial charge in [-0.15, -0.1) is 0 Å². The molecule has 0 saturated heterocycles. The van der Waals surface area contributed by atoms with Gasteiger partial charge in [-0.05, 0) is 37.5 Å². The third-order valence-corrected chi connectivity index (χ3v) is 2.88. The number of methoxy groups -OCH3 is 1. The van der Waals surface area contributed by atoms with Crippen LogP contribution < -0.4 is 4.90 Å². The summed E-state index contributed by atoms with van der Waals surface area (Å²) in [7, 11) is 3.48. The zero-order valence-corrected chi connectivity index (χ0v) is 11.1. The molecule has 3 heteroatoms. The van der Waals surface area contributed by atoms with Gasteiger partial charge in [-0.3, -0.25) is 4.79 Å². The number of carbonyl (C=O) groups is 1. The third-order valence-electron chi connectivity index (χ3n) is 2.88. The summed E-state index contributed by atoms with van der Waals surface area (Å²) in [6.07, 6.45) is 1.29. The maximum Gasteiger partial charge on any atom is 0.305 e. The van der Waals surface area contributed by atoms with Crippen molar-refractivity contribution in [1.82, 2.24) is 0 Å². The Morgan fingerprint density at radius 1 is 1.35 bits per heavy atom. The van der Waals surface area contributed by atoms with E-state index in [-0.39, 0.29) is 5.97 Å². The Kier molecular flexibility index (Phi) is 5.01. The molecule has 0 N–H and O–H groups in total. The lowest BCUT2D eigenvalue weighted by atomic mass is 10.1. The molecule has 0 aromatic heterocycles. The van der Waals surface area contributed by atoms with Gasteiger partial charge in [-0.1, -0.05) is 12.1 Å². The second kappa shape index (κ2) is 6.28. The molecule has 0 bridgehead atoms. The van der Waals surface area contributed by atoms with Crippen molar-refractivity contribution in [3.8, 4) is 0 Å². The number of benzene rings is 1. The van der Waals surface area contributed by atoms with Crippen LogP contribution >= 0.6 is 0 Å². The average Bonchev–Trinajstić information content (AvgIpc) is 2.31. The quantitative estimate of drug-likeness (QED) is 0.735. The Morgan fingerprint density at radius 2 is 2.06 bits per heavy atom. The van der Waals surface area contributed by atoms with Crippen LogP contribution in [0.25, 0.3) is 0 Å². The fraction of sp³-hybridized carbons (Fsp3) is 0.500. The van der Waals surface area contributed by atoms with E-state index >= 15 is 0 Å². The second-order valence-corrected chi connectivity index (χ2v) is 4.39. The van der Waals surface area contributed by atoms with Gasteiger partial charge in [0.25, 0.3) is 0 Å². The largest absolute Gasteiger partial charge is 0.469 e. The number of rotatable bonds is 5. The fourth-order valence-electron chi connectivity index (χ4n) is 1.81. The van der Waals surface area contributed by atoms with Crippen LogP contribution in [0.5, 0.6) is 0 Å². The second-order valence-electron chi connectivity index (χ2n) is 4.39. The highest BCUT2D eigenvalue weighted by Gasteiger charge is 2.06. The predicted molar refractivity (Wildman–Crippen MR) is 70.4 cm³/mol. The van der Waals surface area contributed by atoms with Crippen molar-refractivity contribution < 1.29 is 9.53 Å². The summed E-state index contributed by atoms with van der Waals surface area (Å²) in [6, 6.07) is 6.41. The molecule has 0 saturated carbocycles. The maximum atomic E-state index is 11.0. The van der Waals surface area contributed by atoms with Gasteiger partial charge < -0.3 is 9.64 Å². The van der Waals surface area contributed by atoms with Crippen molar-refractivity contribution in [2.45, 2.75) is 26.7 Å². The molecule has 0 atom stereocenters.